The van der Waals surface area contributed by atoms with Crippen LogP contribution in [0.3, 0.4) is 0 Å². The van der Waals surface area contributed by atoms with Crippen molar-refractivity contribution in [3.05, 3.63) is 40.4 Å². The van der Waals surface area contributed by atoms with Crippen LogP contribution < -0.4 is 0 Å². The Morgan fingerprint density at radius 1 is 1.43 bits per heavy atom. The summed E-state index contributed by atoms with van der Waals surface area (Å²) < 4.78 is 25.9. The summed E-state index contributed by atoms with van der Waals surface area (Å²) in [5, 5.41) is -0.560. The zero-order valence-electron chi connectivity index (χ0n) is 7.35. The molecule has 0 atom stereocenters. The van der Waals surface area contributed by atoms with Crippen LogP contribution in [-0.4, -0.2) is 5.78 Å². The first kappa shape index (κ1) is 10.9. The molecule has 0 aliphatic rings. The Morgan fingerprint density at radius 2 is 2.07 bits per heavy atom. The zero-order valence-corrected chi connectivity index (χ0v) is 8.11. The second kappa shape index (κ2) is 4.33. The lowest BCUT2D eigenvalue weighted by molar-refractivity contribution is -0.112. The van der Waals surface area contributed by atoms with Crippen LogP contribution in [-0.2, 0) is 4.79 Å². The van der Waals surface area contributed by atoms with Crippen LogP contribution in [0.2, 0.25) is 5.02 Å². The Balaban J connectivity index is 3.12. The van der Waals surface area contributed by atoms with E-state index < -0.39 is 16.7 Å². The van der Waals surface area contributed by atoms with E-state index in [1.54, 1.807) is 0 Å². The van der Waals surface area contributed by atoms with Gasteiger partial charge in [-0.25, -0.2) is 8.78 Å². The fourth-order valence-corrected chi connectivity index (χ4v) is 1.05. The van der Waals surface area contributed by atoms with Gasteiger partial charge in [-0.05, 0) is 31.2 Å². The first-order valence-electron chi connectivity index (χ1n) is 3.84. The summed E-state index contributed by atoms with van der Waals surface area (Å²) in [6.45, 7) is 1.33. The van der Waals surface area contributed by atoms with Crippen molar-refractivity contribution in [2.24, 2.45) is 0 Å². The third-order valence-corrected chi connectivity index (χ3v) is 1.91. The number of allylic oxidation sites excluding steroid dienone is 1. The summed E-state index contributed by atoms with van der Waals surface area (Å²) in [5.41, 5.74) is 0.0894. The van der Waals surface area contributed by atoms with Crippen molar-refractivity contribution < 1.29 is 13.6 Å². The van der Waals surface area contributed by atoms with Crippen LogP contribution in [0.5, 0.6) is 0 Å². The summed E-state index contributed by atoms with van der Waals surface area (Å²) in [7, 11) is 0. The molecule has 0 N–H and O–H groups in total. The minimum Gasteiger partial charge on any atom is -0.295 e. The molecule has 14 heavy (non-hydrogen) atoms. The van der Waals surface area contributed by atoms with Crippen molar-refractivity contribution in [3.63, 3.8) is 0 Å². The van der Waals surface area contributed by atoms with Crippen LogP contribution in [0.4, 0.5) is 8.78 Å². The lowest BCUT2D eigenvalue weighted by Gasteiger charge is -1.99. The van der Waals surface area contributed by atoms with E-state index in [-0.39, 0.29) is 11.3 Å². The largest absolute Gasteiger partial charge is 0.295 e. The van der Waals surface area contributed by atoms with E-state index in [0.29, 0.717) is 0 Å². The van der Waals surface area contributed by atoms with Gasteiger partial charge in [0.05, 0.1) is 0 Å². The highest BCUT2D eigenvalue weighted by molar-refractivity contribution is 6.31. The summed E-state index contributed by atoms with van der Waals surface area (Å²) in [6.07, 6.45) is 2.44. The van der Waals surface area contributed by atoms with Gasteiger partial charge in [0.15, 0.2) is 11.6 Å². The molecule has 0 aliphatic carbocycles. The third kappa shape index (κ3) is 2.39. The molecule has 0 spiro atoms. The highest BCUT2D eigenvalue weighted by Gasteiger charge is 2.09. The molecule has 0 saturated carbocycles. The lowest BCUT2D eigenvalue weighted by atomic mass is 10.2. The van der Waals surface area contributed by atoms with Gasteiger partial charge in [-0.2, -0.15) is 0 Å². The van der Waals surface area contributed by atoms with Gasteiger partial charge in [0.25, 0.3) is 0 Å². The van der Waals surface area contributed by atoms with Gasteiger partial charge in [-0.3, -0.25) is 4.79 Å². The molecule has 0 fully saturated rings. The van der Waals surface area contributed by atoms with E-state index in [2.05, 4.69) is 0 Å². The van der Waals surface area contributed by atoms with Crippen LogP contribution >= 0.6 is 11.6 Å². The predicted molar refractivity (Wildman–Crippen MR) is 51.1 cm³/mol. The fourth-order valence-electron chi connectivity index (χ4n) is 0.877. The molecule has 0 bridgehead atoms. The van der Waals surface area contributed by atoms with E-state index in [0.717, 1.165) is 6.07 Å². The quantitative estimate of drug-likeness (QED) is 0.548. The number of rotatable bonds is 2. The molecule has 1 nitrogen and oxygen atoms in total. The number of carbonyl (C=O) groups is 1. The zero-order chi connectivity index (χ0) is 10.7. The fraction of sp³-hybridized carbons (Fsp3) is 0.100. The first-order valence-corrected chi connectivity index (χ1v) is 4.22. The molecule has 0 radical (unpaired) electrons. The Hall–Kier alpha value is -1.22. The minimum atomic E-state index is -0.857. The van der Waals surface area contributed by atoms with Crippen molar-refractivity contribution in [2.75, 3.05) is 0 Å². The predicted octanol–water partition coefficient (Wildman–Crippen LogP) is 3.22. The van der Waals surface area contributed by atoms with Crippen molar-refractivity contribution >= 4 is 23.5 Å². The van der Waals surface area contributed by atoms with E-state index in [9.17, 15) is 13.6 Å². The molecular weight excluding hydrogens is 210 g/mol. The molecule has 1 aromatic rings. The molecule has 0 amide bonds. The number of carbonyl (C=O) groups excluding carboxylic acids is 1. The average molecular weight is 217 g/mol. The van der Waals surface area contributed by atoms with Crippen molar-refractivity contribution in [1.82, 2.24) is 0 Å². The van der Waals surface area contributed by atoms with Crippen molar-refractivity contribution in [1.29, 1.82) is 0 Å². The van der Waals surface area contributed by atoms with Crippen LogP contribution in [0.25, 0.3) is 6.08 Å². The van der Waals surface area contributed by atoms with Crippen molar-refractivity contribution in [2.45, 2.75) is 6.92 Å². The first-order chi connectivity index (χ1) is 6.52. The Bertz CT molecular complexity index is 399. The Kier molecular flexibility index (Phi) is 3.36. The maximum absolute atomic E-state index is 13.2. The number of hydrogen-bond donors (Lipinski definition) is 0. The summed E-state index contributed by atoms with van der Waals surface area (Å²) >= 11 is 5.33. The lowest BCUT2D eigenvalue weighted by Crippen LogP contribution is -1.88. The highest BCUT2D eigenvalue weighted by Crippen LogP contribution is 2.22. The minimum absolute atomic E-state index is 0.0894. The summed E-state index contributed by atoms with van der Waals surface area (Å²) in [5.74, 6) is -1.89. The summed E-state index contributed by atoms with van der Waals surface area (Å²) in [4.78, 5) is 10.6. The summed E-state index contributed by atoms with van der Waals surface area (Å²) in [6, 6.07) is 2.27. The molecule has 74 valence electrons. The van der Waals surface area contributed by atoms with Gasteiger partial charge in [0, 0.05) is 5.56 Å². The van der Waals surface area contributed by atoms with E-state index in [1.165, 1.54) is 25.1 Å². The maximum Gasteiger partial charge on any atom is 0.152 e. The molecule has 0 aliphatic heterocycles. The monoisotopic (exact) mass is 216 g/mol. The third-order valence-electron chi connectivity index (χ3n) is 1.56. The Morgan fingerprint density at radius 3 is 2.64 bits per heavy atom. The van der Waals surface area contributed by atoms with Crippen LogP contribution in [0.15, 0.2) is 18.2 Å². The number of halogens is 3. The van der Waals surface area contributed by atoms with Gasteiger partial charge in [-0.15, -0.1) is 0 Å². The molecule has 0 aromatic heterocycles. The van der Waals surface area contributed by atoms with E-state index >= 15 is 0 Å². The average Bonchev–Trinajstić information content (AvgIpc) is 2.13. The molecule has 0 heterocycles. The molecule has 1 rings (SSSR count). The highest BCUT2D eigenvalue weighted by atomic mass is 35.5. The second-order valence-corrected chi connectivity index (χ2v) is 3.09. The van der Waals surface area contributed by atoms with Crippen molar-refractivity contribution in [3.8, 4) is 0 Å². The van der Waals surface area contributed by atoms with Gasteiger partial charge < -0.3 is 0 Å². The normalized spacial score (nSPS) is 10.9. The van der Waals surface area contributed by atoms with E-state index in [1.807, 2.05) is 0 Å². The van der Waals surface area contributed by atoms with Crippen LogP contribution in [0.1, 0.15) is 12.5 Å². The SMILES string of the molecule is CC(=O)/C=C/c1ccc(F)c(Cl)c1F. The standard InChI is InChI=1S/C10H7ClF2O/c1-6(14)2-3-7-4-5-8(12)9(11)10(7)13/h2-5H,1H3/b3-2+. The molecule has 1 aromatic carbocycles. The van der Waals surface area contributed by atoms with Gasteiger partial charge in [0.1, 0.15) is 10.8 Å². The van der Waals surface area contributed by atoms with Gasteiger partial charge in [-0.1, -0.05) is 11.6 Å². The Labute approximate surface area is 85.0 Å². The number of ketones is 1. The van der Waals surface area contributed by atoms with Gasteiger partial charge in [0.2, 0.25) is 0 Å². The van der Waals surface area contributed by atoms with E-state index in [4.69, 9.17) is 11.6 Å². The molecule has 0 unspecified atom stereocenters. The smallest absolute Gasteiger partial charge is 0.152 e. The number of hydrogen-bond acceptors (Lipinski definition) is 1. The van der Waals surface area contributed by atoms with Gasteiger partial charge >= 0.3 is 0 Å². The molecule has 0 saturated heterocycles. The number of benzene rings is 1. The molecular formula is C10H7ClF2O. The second-order valence-electron chi connectivity index (χ2n) is 2.71. The van der Waals surface area contributed by atoms with Crippen LogP contribution in [0, 0.1) is 11.6 Å². The molecule has 4 heteroatoms. The maximum atomic E-state index is 13.2. The topological polar surface area (TPSA) is 17.1 Å².